The third-order valence-corrected chi connectivity index (χ3v) is 6.52. The lowest BCUT2D eigenvalue weighted by molar-refractivity contribution is 0.00561. The fourth-order valence-electron chi connectivity index (χ4n) is 5.06. The molecule has 1 N–H and O–H groups in total. The third-order valence-electron chi connectivity index (χ3n) is 6.52. The maximum Gasteiger partial charge on any atom is 0.410 e. The van der Waals surface area contributed by atoms with Gasteiger partial charge in [-0.2, -0.15) is 0 Å². The van der Waals surface area contributed by atoms with Crippen LogP contribution in [0.4, 0.5) is 16.4 Å². The number of pyridine rings is 1. The number of rotatable bonds is 3. The Morgan fingerprint density at radius 2 is 1.64 bits per heavy atom. The molecule has 0 aromatic carbocycles. The molecule has 5 heterocycles. The number of piperazine rings is 1. The summed E-state index contributed by atoms with van der Waals surface area (Å²) in [7, 11) is 0. The summed E-state index contributed by atoms with van der Waals surface area (Å²) in [5, 5.41) is 2.86. The number of aryl methyl sites for hydroxylation is 2. The van der Waals surface area contributed by atoms with Gasteiger partial charge in [0.1, 0.15) is 16.6 Å². The number of nitrogens with zero attached hydrogens (tertiary/aromatic N) is 8. The van der Waals surface area contributed by atoms with E-state index in [2.05, 4.69) is 35.1 Å². The minimum absolute atomic E-state index is 0.128. The molecule has 5 rings (SSSR count). The number of ether oxygens (including phenoxy) is 1. The van der Waals surface area contributed by atoms with Gasteiger partial charge in [-0.25, -0.2) is 19.7 Å². The van der Waals surface area contributed by atoms with Gasteiger partial charge in [0.2, 0.25) is 0 Å². The molecule has 2 amide bonds. The predicted octanol–water partition coefficient (Wildman–Crippen LogP) is 3.77. The van der Waals surface area contributed by atoms with Crippen molar-refractivity contribution in [3.05, 3.63) is 47.9 Å². The summed E-state index contributed by atoms with van der Waals surface area (Å²) in [6.07, 6.45) is 7.92. The van der Waals surface area contributed by atoms with Gasteiger partial charge in [0.15, 0.2) is 17.3 Å². The number of aromatic nitrogens is 6. The maximum absolute atomic E-state index is 13.3. The normalized spacial score (nSPS) is 18.0. The van der Waals surface area contributed by atoms with E-state index in [0.717, 1.165) is 11.4 Å². The maximum atomic E-state index is 13.3. The molecule has 12 heteroatoms. The van der Waals surface area contributed by atoms with Crippen molar-refractivity contribution in [3.8, 4) is 0 Å². The van der Waals surface area contributed by atoms with Crippen molar-refractivity contribution in [1.82, 2.24) is 34.2 Å². The average molecular weight is 532 g/mol. The summed E-state index contributed by atoms with van der Waals surface area (Å²) in [4.78, 5) is 52.6. The Balaban J connectivity index is 1.41. The van der Waals surface area contributed by atoms with E-state index in [1.54, 1.807) is 23.5 Å². The first-order valence-corrected chi connectivity index (χ1v) is 12.9. The fraction of sp³-hybridized carbons (Fsp3) is 0.444. The second kappa shape index (κ2) is 9.75. The highest BCUT2D eigenvalue weighted by Gasteiger charge is 2.36. The second-order valence-electron chi connectivity index (χ2n) is 11.0. The molecule has 39 heavy (non-hydrogen) atoms. The van der Waals surface area contributed by atoms with Crippen LogP contribution in [0.15, 0.2) is 31.0 Å². The fourth-order valence-corrected chi connectivity index (χ4v) is 5.06. The highest BCUT2D eigenvalue weighted by Crippen LogP contribution is 2.29. The number of carbonyl (C=O) groups excluding carboxylic acids is 2. The highest BCUT2D eigenvalue weighted by atomic mass is 16.6. The SMILES string of the molecule is Cc1cn2cc(NC(=O)c3cnc(N4C[C@@H](C)N(C(=O)OC(C)(C)C)[C@@H](C)C4)c4nccnc34)nc2c(C)n1. The van der Waals surface area contributed by atoms with Crippen LogP contribution < -0.4 is 10.2 Å². The quantitative estimate of drug-likeness (QED) is 0.420. The van der Waals surface area contributed by atoms with Crippen molar-refractivity contribution in [2.24, 2.45) is 0 Å². The molecule has 12 nitrogen and oxygen atoms in total. The number of hydrogen-bond donors (Lipinski definition) is 1. The Bertz CT molecular complexity index is 1560. The smallest absolute Gasteiger partial charge is 0.410 e. The van der Waals surface area contributed by atoms with Crippen molar-refractivity contribution in [2.45, 2.75) is 66.2 Å². The van der Waals surface area contributed by atoms with Crippen LogP contribution in [-0.2, 0) is 4.74 Å². The van der Waals surface area contributed by atoms with Gasteiger partial charge in [-0.15, -0.1) is 0 Å². The van der Waals surface area contributed by atoms with Crippen molar-refractivity contribution in [3.63, 3.8) is 0 Å². The number of carbonyl (C=O) groups is 2. The van der Waals surface area contributed by atoms with Gasteiger partial charge in [0.05, 0.1) is 35.2 Å². The lowest BCUT2D eigenvalue weighted by Gasteiger charge is -2.44. The zero-order chi connectivity index (χ0) is 28.1. The Labute approximate surface area is 226 Å². The van der Waals surface area contributed by atoms with Gasteiger partial charge in [-0.3, -0.25) is 19.7 Å². The van der Waals surface area contributed by atoms with Gasteiger partial charge in [0.25, 0.3) is 5.91 Å². The van der Waals surface area contributed by atoms with E-state index in [0.29, 0.717) is 47.0 Å². The van der Waals surface area contributed by atoms with Crippen LogP contribution >= 0.6 is 0 Å². The van der Waals surface area contributed by atoms with Crippen molar-refractivity contribution < 1.29 is 14.3 Å². The molecule has 0 radical (unpaired) electrons. The highest BCUT2D eigenvalue weighted by molar-refractivity contribution is 6.12. The van der Waals surface area contributed by atoms with Crippen LogP contribution in [0.5, 0.6) is 0 Å². The Kier molecular flexibility index (Phi) is 6.57. The van der Waals surface area contributed by atoms with Crippen molar-refractivity contribution >= 4 is 40.3 Å². The predicted molar refractivity (Wildman–Crippen MR) is 147 cm³/mol. The molecule has 4 aromatic heterocycles. The number of anilines is 2. The van der Waals surface area contributed by atoms with Gasteiger partial charge < -0.3 is 19.4 Å². The Morgan fingerprint density at radius 1 is 0.974 bits per heavy atom. The van der Waals surface area contributed by atoms with Crippen LogP contribution in [0.1, 0.15) is 56.4 Å². The number of fused-ring (bicyclic) bond motifs is 2. The molecule has 1 saturated heterocycles. The Hall–Kier alpha value is -4.35. The molecule has 0 saturated carbocycles. The molecular formula is C27H33N9O3. The molecule has 0 aliphatic carbocycles. The van der Waals surface area contributed by atoms with E-state index in [4.69, 9.17) is 4.74 Å². The number of amides is 2. The summed E-state index contributed by atoms with van der Waals surface area (Å²) < 4.78 is 7.47. The largest absolute Gasteiger partial charge is 0.444 e. The van der Waals surface area contributed by atoms with Crippen LogP contribution in [0, 0.1) is 13.8 Å². The average Bonchev–Trinajstić information content (AvgIpc) is 3.24. The molecule has 2 atom stereocenters. The van der Waals surface area contributed by atoms with E-state index < -0.39 is 5.60 Å². The van der Waals surface area contributed by atoms with Crippen LogP contribution in [0.2, 0.25) is 0 Å². The molecule has 1 aliphatic heterocycles. The number of hydrogen-bond acceptors (Lipinski definition) is 9. The summed E-state index contributed by atoms with van der Waals surface area (Å²) in [6, 6.07) is -0.256. The summed E-state index contributed by atoms with van der Waals surface area (Å²) in [5.74, 6) is 0.626. The molecule has 4 aromatic rings. The van der Waals surface area contributed by atoms with Gasteiger partial charge in [0, 0.05) is 37.9 Å². The van der Waals surface area contributed by atoms with E-state index in [9.17, 15) is 9.59 Å². The number of nitrogens with one attached hydrogen (secondary N) is 1. The van der Waals surface area contributed by atoms with Crippen LogP contribution in [0.25, 0.3) is 16.7 Å². The molecule has 1 aliphatic rings. The van der Waals surface area contributed by atoms with E-state index in [1.807, 2.05) is 59.1 Å². The molecule has 1 fully saturated rings. The molecule has 204 valence electrons. The lowest BCUT2D eigenvalue weighted by Crippen LogP contribution is -2.59. The van der Waals surface area contributed by atoms with Crippen molar-refractivity contribution in [1.29, 1.82) is 0 Å². The molecule has 0 unspecified atom stereocenters. The first kappa shape index (κ1) is 26.3. The monoisotopic (exact) mass is 531 g/mol. The minimum Gasteiger partial charge on any atom is -0.444 e. The van der Waals surface area contributed by atoms with Crippen LogP contribution in [-0.4, -0.2) is 77.0 Å². The second-order valence-corrected chi connectivity index (χ2v) is 11.0. The van der Waals surface area contributed by atoms with Crippen molar-refractivity contribution in [2.75, 3.05) is 23.3 Å². The zero-order valence-corrected chi connectivity index (χ0v) is 23.3. The molecule has 0 bridgehead atoms. The lowest BCUT2D eigenvalue weighted by atomic mass is 10.1. The Morgan fingerprint density at radius 3 is 2.31 bits per heavy atom. The zero-order valence-electron chi connectivity index (χ0n) is 23.3. The summed E-state index contributed by atoms with van der Waals surface area (Å²) in [5.41, 5.74) is 2.96. The first-order chi connectivity index (χ1) is 18.4. The first-order valence-electron chi connectivity index (χ1n) is 12.9. The standard InChI is InChI=1S/C27H33N9O3/c1-15-11-34-14-20(32-23(34)18(4)31-15)33-25(37)19-10-30-24(22-21(19)28-8-9-29-22)35-12-16(2)36(17(3)13-35)26(38)39-27(5,6)7/h8-11,14,16-17H,12-13H2,1-7H3,(H,33,37)/t16-,17+. The van der Waals surface area contributed by atoms with E-state index in [1.165, 1.54) is 6.20 Å². The van der Waals surface area contributed by atoms with Gasteiger partial charge in [-0.1, -0.05) is 0 Å². The van der Waals surface area contributed by atoms with E-state index >= 15 is 0 Å². The minimum atomic E-state index is -0.574. The molecular weight excluding hydrogens is 498 g/mol. The van der Waals surface area contributed by atoms with Gasteiger partial charge >= 0.3 is 6.09 Å². The van der Waals surface area contributed by atoms with E-state index in [-0.39, 0.29) is 24.1 Å². The van der Waals surface area contributed by atoms with Crippen LogP contribution in [0.3, 0.4) is 0 Å². The molecule has 0 spiro atoms. The van der Waals surface area contributed by atoms with Gasteiger partial charge in [-0.05, 0) is 48.5 Å². The third kappa shape index (κ3) is 5.18. The topological polar surface area (TPSA) is 131 Å². The number of imidazole rings is 1. The summed E-state index contributed by atoms with van der Waals surface area (Å²) in [6.45, 7) is 14.4. The summed E-state index contributed by atoms with van der Waals surface area (Å²) >= 11 is 0.